The SMILES string of the molecule is Cc1ccn2c(C(=O)C(C)C)cnc2c1. The van der Waals surface area contributed by atoms with E-state index in [1.54, 1.807) is 6.20 Å². The van der Waals surface area contributed by atoms with Crippen molar-refractivity contribution in [3.8, 4) is 0 Å². The first-order chi connectivity index (χ1) is 7.09. The second-order valence-corrected chi connectivity index (χ2v) is 4.09. The van der Waals surface area contributed by atoms with Gasteiger partial charge in [-0.25, -0.2) is 4.98 Å². The van der Waals surface area contributed by atoms with Crippen LogP contribution in [0, 0.1) is 12.8 Å². The monoisotopic (exact) mass is 202 g/mol. The molecule has 0 spiro atoms. The van der Waals surface area contributed by atoms with Crippen molar-refractivity contribution < 1.29 is 4.79 Å². The van der Waals surface area contributed by atoms with Crippen LogP contribution in [-0.4, -0.2) is 15.2 Å². The molecule has 3 heteroatoms. The summed E-state index contributed by atoms with van der Waals surface area (Å²) in [5.74, 6) is 0.137. The Balaban J connectivity index is 2.59. The van der Waals surface area contributed by atoms with Gasteiger partial charge in [0.1, 0.15) is 11.3 Å². The molecule has 2 aromatic heterocycles. The fourth-order valence-corrected chi connectivity index (χ4v) is 1.56. The van der Waals surface area contributed by atoms with Gasteiger partial charge in [-0.1, -0.05) is 13.8 Å². The number of aromatic nitrogens is 2. The van der Waals surface area contributed by atoms with Gasteiger partial charge in [0.05, 0.1) is 6.20 Å². The van der Waals surface area contributed by atoms with Gasteiger partial charge >= 0.3 is 0 Å². The van der Waals surface area contributed by atoms with Crippen molar-refractivity contribution in [3.05, 3.63) is 35.8 Å². The Morgan fingerprint density at radius 2 is 2.20 bits per heavy atom. The lowest BCUT2D eigenvalue weighted by Gasteiger charge is -2.03. The van der Waals surface area contributed by atoms with Gasteiger partial charge in [0, 0.05) is 12.1 Å². The molecule has 15 heavy (non-hydrogen) atoms. The van der Waals surface area contributed by atoms with Gasteiger partial charge in [-0.05, 0) is 24.6 Å². The number of aryl methyl sites for hydroxylation is 1. The molecule has 0 N–H and O–H groups in total. The third-order valence-corrected chi connectivity index (χ3v) is 2.45. The molecule has 2 rings (SSSR count). The summed E-state index contributed by atoms with van der Waals surface area (Å²) in [7, 11) is 0. The maximum atomic E-state index is 11.8. The maximum absolute atomic E-state index is 11.8. The van der Waals surface area contributed by atoms with Crippen molar-refractivity contribution in [1.82, 2.24) is 9.38 Å². The van der Waals surface area contributed by atoms with E-state index in [2.05, 4.69) is 4.98 Å². The second-order valence-electron chi connectivity index (χ2n) is 4.09. The molecule has 0 atom stereocenters. The van der Waals surface area contributed by atoms with Crippen molar-refractivity contribution in [1.29, 1.82) is 0 Å². The number of hydrogen-bond acceptors (Lipinski definition) is 2. The minimum atomic E-state index is 0.00574. The number of pyridine rings is 1. The smallest absolute Gasteiger partial charge is 0.183 e. The predicted octanol–water partition coefficient (Wildman–Crippen LogP) is 2.48. The highest BCUT2D eigenvalue weighted by Crippen LogP contribution is 2.12. The lowest BCUT2D eigenvalue weighted by molar-refractivity contribution is 0.0933. The van der Waals surface area contributed by atoms with E-state index in [-0.39, 0.29) is 11.7 Å². The summed E-state index contributed by atoms with van der Waals surface area (Å²) in [5, 5.41) is 0. The van der Waals surface area contributed by atoms with Crippen LogP contribution >= 0.6 is 0 Å². The third kappa shape index (κ3) is 1.65. The van der Waals surface area contributed by atoms with E-state index in [9.17, 15) is 4.79 Å². The van der Waals surface area contributed by atoms with Gasteiger partial charge in [0.2, 0.25) is 0 Å². The molecular weight excluding hydrogens is 188 g/mol. The molecule has 0 radical (unpaired) electrons. The van der Waals surface area contributed by atoms with Crippen LogP contribution in [0.15, 0.2) is 24.5 Å². The average molecular weight is 202 g/mol. The van der Waals surface area contributed by atoms with Crippen molar-refractivity contribution in [2.45, 2.75) is 20.8 Å². The number of ketones is 1. The van der Waals surface area contributed by atoms with Gasteiger partial charge in [-0.3, -0.25) is 9.20 Å². The number of rotatable bonds is 2. The summed E-state index contributed by atoms with van der Waals surface area (Å²) in [6.45, 7) is 5.81. The highest BCUT2D eigenvalue weighted by atomic mass is 16.1. The molecule has 2 aromatic rings. The molecule has 0 aromatic carbocycles. The molecule has 0 fully saturated rings. The Kier molecular flexibility index (Phi) is 2.31. The fourth-order valence-electron chi connectivity index (χ4n) is 1.56. The molecule has 2 heterocycles. The zero-order valence-electron chi connectivity index (χ0n) is 9.19. The number of carbonyl (C=O) groups excluding carboxylic acids is 1. The summed E-state index contributed by atoms with van der Waals surface area (Å²) >= 11 is 0. The van der Waals surface area contributed by atoms with Crippen molar-refractivity contribution in [2.24, 2.45) is 5.92 Å². The third-order valence-electron chi connectivity index (χ3n) is 2.45. The molecule has 0 bridgehead atoms. The number of imidazole rings is 1. The van der Waals surface area contributed by atoms with Crippen LogP contribution in [0.2, 0.25) is 0 Å². The molecule has 0 saturated carbocycles. The van der Waals surface area contributed by atoms with Gasteiger partial charge in [0.25, 0.3) is 0 Å². The van der Waals surface area contributed by atoms with Crippen LogP contribution in [0.1, 0.15) is 29.9 Å². The van der Waals surface area contributed by atoms with Gasteiger partial charge in [0.15, 0.2) is 5.78 Å². The normalized spacial score (nSPS) is 11.2. The lowest BCUT2D eigenvalue weighted by Crippen LogP contribution is -2.10. The Labute approximate surface area is 88.8 Å². The first kappa shape index (κ1) is 9.90. The minimum absolute atomic E-state index is 0.00574. The molecule has 0 aliphatic carbocycles. The standard InChI is InChI=1S/C12H14N2O/c1-8(2)12(15)10-7-13-11-6-9(3)4-5-14(10)11/h4-8H,1-3H3. The van der Waals surface area contributed by atoms with Crippen LogP contribution in [0.3, 0.4) is 0 Å². The van der Waals surface area contributed by atoms with Gasteiger partial charge in [-0.2, -0.15) is 0 Å². The number of Topliss-reactive ketones (excluding diaryl/α,β-unsaturated/α-hetero) is 1. The van der Waals surface area contributed by atoms with E-state index in [0.717, 1.165) is 11.2 Å². The topological polar surface area (TPSA) is 34.4 Å². The Morgan fingerprint density at radius 3 is 2.87 bits per heavy atom. The minimum Gasteiger partial charge on any atom is -0.297 e. The first-order valence-corrected chi connectivity index (χ1v) is 5.07. The van der Waals surface area contributed by atoms with Crippen molar-refractivity contribution in [3.63, 3.8) is 0 Å². The average Bonchev–Trinajstić information content (AvgIpc) is 2.59. The van der Waals surface area contributed by atoms with Crippen LogP contribution in [0.5, 0.6) is 0 Å². The highest BCUT2D eigenvalue weighted by molar-refractivity contribution is 5.96. The van der Waals surface area contributed by atoms with E-state index >= 15 is 0 Å². The van der Waals surface area contributed by atoms with E-state index in [4.69, 9.17) is 0 Å². The lowest BCUT2D eigenvalue weighted by atomic mass is 10.1. The van der Waals surface area contributed by atoms with Crippen LogP contribution in [0.25, 0.3) is 5.65 Å². The summed E-state index contributed by atoms with van der Waals surface area (Å²) in [6, 6.07) is 3.95. The van der Waals surface area contributed by atoms with E-state index < -0.39 is 0 Å². The summed E-state index contributed by atoms with van der Waals surface area (Å²) in [6.07, 6.45) is 3.55. The van der Waals surface area contributed by atoms with E-state index in [0.29, 0.717) is 5.69 Å². The fraction of sp³-hybridized carbons (Fsp3) is 0.333. The predicted molar refractivity (Wildman–Crippen MR) is 59.1 cm³/mol. The zero-order chi connectivity index (χ0) is 11.0. The van der Waals surface area contributed by atoms with Crippen LogP contribution < -0.4 is 0 Å². The largest absolute Gasteiger partial charge is 0.297 e. The zero-order valence-corrected chi connectivity index (χ0v) is 9.19. The number of fused-ring (bicyclic) bond motifs is 1. The van der Waals surface area contributed by atoms with E-state index in [1.165, 1.54) is 0 Å². The molecule has 3 nitrogen and oxygen atoms in total. The molecule has 0 saturated heterocycles. The number of carbonyl (C=O) groups is 1. The van der Waals surface area contributed by atoms with Crippen molar-refractivity contribution >= 4 is 11.4 Å². The molecule has 0 unspecified atom stereocenters. The van der Waals surface area contributed by atoms with Gasteiger partial charge < -0.3 is 0 Å². The summed E-state index contributed by atoms with van der Waals surface area (Å²) < 4.78 is 1.84. The first-order valence-electron chi connectivity index (χ1n) is 5.07. The Hall–Kier alpha value is -1.64. The van der Waals surface area contributed by atoms with Crippen LogP contribution in [-0.2, 0) is 0 Å². The van der Waals surface area contributed by atoms with Crippen LogP contribution in [0.4, 0.5) is 0 Å². The number of hydrogen-bond donors (Lipinski definition) is 0. The molecular formula is C12H14N2O. The molecule has 78 valence electrons. The summed E-state index contributed by atoms with van der Waals surface area (Å²) in [4.78, 5) is 16.1. The Bertz CT molecular complexity index is 511. The van der Waals surface area contributed by atoms with E-state index in [1.807, 2.05) is 43.5 Å². The highest BCUT2D eigenvalue weighted by Gasteiger charge is 2.14. The van der Waals surface area contributed by atoms with Gasteiger partial charge in [-0.15, -0.1) is 0 Å². The molecule has 0 aliphatic rings. The van der Waals surface area contributed by atoms with Crippen molar-refractivity contribution in [2.75, 3.05) is 0 Å². The second kappa shape index (κ2) is 3.50. The summed E-state index contributed by atoms with van der Waals surface area (Å²) in [5.41, 5.74) is 2.65. The quantitative estimate of drug-likeness (QED) is 0.701. The molecule has 0 amide bonds. The Morgan fingerprint density at radius 1 is 1.47 bits per heavy atom. The maximum Gasteiger partial charge on any atom is 0.183 e. The number of nitrogens with zero attached hydrogens (tertiary/aromatic N) is 2. The molecule has 0 aliphatic heterocycles.